The van der Waals surface area contributed by atoms with Crippen LogP contribution >= 0.6 is 15.9 Å². The molecule has 116 valence electrons. The van der Waals surface area contributed by atoms with Gasteiger partial charge in [-0.1, -0.05) is 39.7 Å². The Labute approximate surface area is 138 Å². The third kappa shape index (κ3) is 3.39. The van der Waals surface area contributed by atoms with Crippen LogP contribution in [0.5, 0.6) is 0 Å². The predicted molar refractivity (Wildman–Crippen MR) is 90.0 cm³/mol. The van der Waals surface area contributed by atoms with Crippen LogP contribution in [0.1, 0.15) is 5.56 Å². The molecule has 0 aliphatic heterocycles. The maximum Gasteiger partial charge on any atom is 0.264 e. The minimum Gasteiger partial charge on any atom is -0.260 e. The summed E-state index contributed by atoms with van der Waals surface area (Å²) >= 11 is 3.16. The first kappa shape index (κ1) is 16.7. The van der Waals surface area contributed by atoms with Crippen molar-refractivity contribution in [1.82, 2.24) is 0 Å². The SMILES string of the molecule is C=CCN(c1ccc(Br)cc1F)S(=O)(=O)c1ccc(C)cc1. The maximum absolute atomic E-state index is 14.2. The van der Waals surface area contributed by atoms with Crippen molar-refractivity contribution in [1.29, 1.82) is 0 Å². The molecule has 0 unspecified atom stereocenters. The maximum atomic E-state index is 14.2. The van der Waals surface area contributed by atoms with Crippen molar-refractivity contribution in [3.63, 3.8) is 0 Å². The van der Waals surface area contributed by atoms with Crippen LogP contribution in [-0.2, 0) is 10.0 Å². The number of rotatable bonds is 5. The molecule has 0 bridgehead atoms. The third-order valence-electron chi connectivity index (χ3n) is 3.08. The van der Waals surface area contributed by atoms with E-state index in [4.69, 9.17) is 0 Å². The lowest BCUT2D eigenvalue weighted by atomic mass is 10.2. The van der Waals surface area contributed by atoms with E-state index in [9.17, 15) is 12.8 Å². The summed E-state index contributed by atoms with van der Waals surface area (Å²) in [5.74, 6) is -0.619. The summed E-state index contributed by atoms with van der Waals surface area (Å²) < 4.78 is 41.3. The van der Waals surface area contributed by atoms with E-state index in [1.54, 1.807) is 18.2 Å². The highest BCUT2D eigenvalue weighted by Crippen LogP contribution is 2.28. The van der Waals surface area contributed by atoms with Crippen LogP contribution in [0.3, 0.4) is 0 Å². The van der Waals surface area contributed by atoms with E-state index in [2.05, 4.69) is 22.5 Å². The van der Waals surface area contributed by atoms with E-state index < -0.39 is 15.8 Å². The third-order valence-corrected chi connectivity index (χ3v) is 5.37. The Bertz CT molecular complexity index is 788. The first-order valence-electron chi connectivity index (χ1n) is 6.51. The zero-order valence-corrected chi connectivity index (χ0v) is 14.4. The zero-order valence-electron chi connectivity index (χ0n) is 12.0. The van der Waals surface area contributed by atoms with E-state index in [0.29, 0.717) is 4.47 Å². The van der Waals surface area contributed by atoms with Gasteiger partial charge in [0.2, 0.25) is 0 Å². The van der Waals surface area contributed by atoms with E-state index in [-0.39, 0.29) is 17.1 Å². The Hall–Kier alpha value is -1.66. The molecule has 0 amide bonds. The second-order valence-corrected chi connectivity index (χ2v) is 7.51. The van der Waals surface area contributed by atoms with Crippen LogP contribution in [-0.4, -0.2) is 15.0 Å². The fraction of sp³-hybridized carbons (Fsp3) is 0.125. The van der Waals surface area contributed by atoms with Crippen molar-refractivity contribution >= 4 is 31.6 Å². The summed E-state index contributed by atoms with van der Waals surface area (Å²) in [6.45, 7) is 5.40. The Morgan fingerprint density at radius 3 is 2.41 bits per heavy atom. The van der Waals surface area contributed by atoms with Crippen LogP contribution in [0, 0.1) is 12.7 Å². The van der Waals surface area contributed by atoms with Crippen LogP contribution in [0.25, 0.3) is 0 Å². The van der Waals surface area contributed by atoms with Gasteiger partial charge in [-0.2, -0.15) is 0 Å². The van der Waals surface area contributed by atoms with Gasteiger partial charge in [0.1, 0.15) is 5.82 Å². The first-order valence-corrected chi connectivity index (χ1v) is 8.75. The monoisotopic (exact) mass is 383 g/mol. The smallest absolute Gasteiger partial charge is 0.260 e. The van der Waals surface area contributed by atoms with Gasteiger partial charge >= 0.3 is 0 Å². The molecule has 0 aromatic heterocycles. The standard InChI is InChI=1S/C16H15BrFNO2S/c1-3-10-19(16-9-6-13(17)11-15(16)18)22(20,21)14-7-4-12(2)5-8-14/h3-9,11H,1,10H2,2H3. The second-order valence-electron chi connectivity index (χ2n) is 4.73. The minimum atomic E-state index is -3.86. The fourth-order valence-corrected chi connectivity index (χ4v) is 3.74. The van der Waals surface area contributed by atoms with Crippen molar-refractivity contribution in [2.24, 2.45) is 0 Å². The number of anilines is 1. The highest BCUT2D eigenvalue weighted by atomic mass is 79.9. The number of hydrogen-bond donors (Lipinski definition) is 0. The molecule has 3 nitrogen and oxygen atoms in total. The Morgan fingerprint density at radius 1 is 1.23 bits per heavy atom. The predicted octanol–water partition coefficient (Wildman–Crippen LogP) is 4.28. The van der Waals surface area contributed by atoms with Crippen molar-refractivity contribution in [3.8, 4) is 0 Å². The number of sulfonamides is 1. The molecule has 6 heteroatoms. The van der Waals surface area contributed by atoms with E-state index in [1.165, 1.54) is 30.3 Å². The quantitative estimate of drug-likeness (QED) is 0.722. The van der Waals surface area contributed by atoms with Gasteiger partial charge in [0.05, 0.1) is 17.1 Å². The van der Waals surface area contributed by atoms with Crippen molar-refractivity contribution < 1.29 is 12.8 Å². The molecule has 2 aromatic rings. The molecule has 0 fully saturated rings. The molecule has 22 heavy (non-hydrogen) atoms. The summed E-state index contributed by atoms with van der Waals surface area (Å²) in [5.41, 5.74) is 0.938. The fourth-order valence-electron chi connectivity index (χ4n) is 1.96. The van der Waals surface area contributed by atoms with E-state index >= 15 is 0 Å². The van der Waals surface area contributed by atoms with Crippen LogP contribution in [0.15, 0.2) is 64.5 Å². The average Bonchev–Trinajstić information content (AvgIpc) is 2.46. The van der Waals surface area contributed by atoms with Crippen LogP contribution in [0.4, 0.5) is 10.1 Å². The lowest BCUT2D eigenvalue weighted by molar-refractivity contribution is 0.587. The van der Waals surface area contributed by atoms with E-state index in [0.717, 1.165) is 9.87 Å². The molecule has 0 saturated carbocycles. The summed E-state index contributed by atoms with van der Waals surface area (Å²) in [6, 6.07) is 10.7. The normalized spacial score (nSPS) is 11.2. The van der Waals surface area contributed by atoms with Crippen molar-refractivity contribution in [2.45, 2.75) is 11.8 Å². The van der Waals surface area contributed by atoms with Crippen LogP contribution in [0.2, 0.25) is 0 Å². The molecular weight excluding hydrogens is 369 g/mol. The molecule has 0 spiro atoms. The van der Waals surface area contributed by atoms with Gasteiger partial charge in [0.25, 0.3) is 10.0 Å². The molecule has 0 heterocycles. The lowest BCUT2D eigenvalue weighted by Gasteiger charge is -2.23. The number of aryl methyl sites for hydroxylation is 1. The summed E-state index contributed by atoms with van der Waals surface area (Å²) in [5, 5.41) is 0. The van der Waals surface area contributed by atoms with Crippen molar-refractivity contribution in [2.75, 3.05) is 10.8 Å². The minimum absolute atomic E-state index is 0.0105. The van der Waals surface area contributed by atoms with Gasteiger partial charge in [0, 0.05) is 4.47 Å². The molecule has 0 aliphatic rings. The van der Waals surface area contributed by atoms with Gasteiger partial charge in [-0.3, -0.25) is 4.31 Å². The molecule has 0 radical (unpaired) electrons. The average molecular weight is 384 g/mol. The number of hydrogen-bond acceptors (Lipinski definition) is 2. The highest BCUT2D eigenvalue weighted by molar-refractivity contribution is 9.10. The zero-order chi connectivity index (χ0) is 16.3. The Morgan fingerprint density at radius 2 is 1.86 bits per heavy atom. The van der Waals surface area contributed by atoms with Gasteiger partial charge in [-0.25, -0.2) is 12.8 Å². The first-order chi connectivity index (χ1) is 10.4. The largest absolute Gasteiger partial charge is 0.264 e. The summed E-state index contributed by atoms with van der Waals surface area (Å²) in [7, 11) is -3.86. The number of halogens is 2. The van der Waals surface area contributed by atoms with Gasteiger partial charge in [0.15, 0.2) is 0 Å². The molecule has 0 N–H and O–H groups in total. The number of benzene rings is 2. The molecular formula is C16H15BrFNO2S. The number of nitrogens with zero attached hydrogens (tertiary/aromatic N) is 1. The van der Waals surface area contributed by atoms with Gasteiger partial charge < -0.3 is 0 Å². The van der Waals surface area contributed by atoms with E-state index in [1.807, 2.05) is 6.92 Å². The molecule has 2 rings (SSSR count). The summed E-state index contributed by atoms with van der Waals surface area (Å²) in [4.78, 5) is 0.113. The van der Waals surface area contributed by atoms with Crippen LogP contribution < -0.4 is 4.31 Å². The molecule has 0 saturated heterocycles. The van der Waals surface area contributed by atoms with Crippen molar-refractivity contribution in [3.05, 3.63) is 71.0 Å². The Kier molecular flexibility index (Phi) is 5.03. The van der Waals surface area contributed by atoms with Gasteiger partial charge in [-0.05, 0) is 37.3 Å². The topological polar surface area (TPSA) is 37.4 Å². The Balaban J connectivity index is 2.55. The molecule has 0 aliphatic carbocycles. The van der Waals surface area contributed by atoms with Gasteiger partial charge in [-0.15, -0.1) is 6.58 Å². The molecule has 0 atom stereocenters. The second kappa shape index (κ2) is 6.62. The lowest BCUT2D eigenvalue weighted by Crippen LogP contribution is -2.32. The molecule has 2 aromatic carbocycles. The highest BCUT2D eigenvalue weighted by Gasteiger charge is 2.26. The summed E-state index contributed by atoms with van der Waals surface area (Å²) in [6.07, 6.45) is 1.42.